The third-order valence-electron chi connectivity index (χ3n) is 7.98. The van der Waals surface area contributed by atoms with Crippen LogP contribution in [0.2, 0.25) is 0 Å². The molecule has 0 aromatic heterocycles. The van der Waals surface area contributed by atoms with Crippen molar-refractivity contribution in [3.8, 4) is 11.8 Å². The van der Waals surface area contributed by atoms with E-state index in [1.54, 1.807) is 6.07 Å². The van der Waals surface area contributed by atoms with Gasteiger partial charge in [-0.3, -0.25) is 0 Å². The van der Waals surface area contributed by atoms with Gasteiger partial charge in [0.2, 0.25) is 0 Å². The zero-order valence-corrected chi connectivity index (χ0v) is 18.8. The number of hydrogen-bond acceptors (Lipinski definition) is 2. The Morgan fingerprint density at radius 2 is 1.83 bits per heavy atom. The highest BCUT2D eigenvalue weighted by atomic mass is 19.1. The Morgan fingerprint density at radius 3 is 2.43 bits per heavy atom. The summed E-state index contributed by atoms with van der Waals surface area (Å²) in [7, 11) is 0. The van der Waals surface area contributed by atoms with Crippen LogP contribution in [0.15, 0.2) is 30.4 Å². The molecular formula is C27H38FNO. The number of ether oxygens (including phenoxy) is 1. The van der Waals surface area contributed by atoms with E-state index in [0.29, 0.717) is 23.7 Å². The number of hydrogen-bond donors (Lipinski definition) is 0. The first-order valence-corrected chi connectivity index (χ1v) is 12.1. The van der Waals surface area contributed by atoms with Gasteiger partial charge in [0.05, 0.1) is 5.56 Å². The van der Waals surface area contributed by atoms with Crippen molar-refractivity contribution in [1.29, 1.82) is 5.26 Å². The molecule has 0 amide bonds. The molecule has 2 nitrogen and oxygen atoms in total. The Kier molecular flexibility index (Phi) is 8.37. The molecule has 30 heavy (non-hydrogen) atoms. The predicted octanol–water partition coefficient (Wildman–Crippen LogP) is 7.83. The molecule has 3 rings (SSSR count). The molecule has 0 spiro atoms. The average molecular weight is 412 g/mol. The second-order valence-electron chi connectivity index (χ2n) is 9.41. The van der Waals surface area contributed by atoms with Gasteiger partial charge in [-0.2, -0.15) is 5.26 Å². The highest BCUT2D eigenvalue weighted by Crippen LogP contribution is 2.55. The number of nitriles is 1. The summed E-state index contributed by atoms with van der Waals surface area (Å²) in [4.78, 5) is 0. The van der Waals surface area contributed by atoms with E-state index in [2.05, 4.69) is 26.0 Å². The molecule has 0 aliphatic heterocycles. The third kappa shape index (κ3) is 5.26. The smallest absolute Gasteiger partial charge is 0.144 e. The van der Waals surface area contributed by atoms with Gasteiger partial charge in [0.25, 0.3) is 0 Å². The third-order valence-corrected chi connectivity index (χ3v) is 7.98. The minimum absolute atomic E-state index is 0.0544. The maximum atomic E-state index is 13.7. The van der Waals surface area contributed by atoms with Gasteiger partial charge < -0.3 is 4.74 Å². The first-order valence-electron chi connectivity index (χ1n) is 12.1. The van der Waals surface area contributed by atoms with E-state index in [4.69, 9.17) is 10.00 Å². The first-order chi connectivity index (χ1) is 14.6. The second kappa shape index (κ2) is 11.0. The fraction of sp³-hybridized carbons (Fsp3) is 0.667. The predicted molar refractivity (Wildman–Crippen MR) is 121 cm³/mol. The van der Waals surface area contributed by atoms with Crippen molar-refractivity contribution in [3.05, 3.63) is 41.7 Å². The average Bonchev–Trinajstić information content (AvgIpc) is 2.78. The summed E-state index contributed by atoms with van der Waals surface area (Å²) in [6.07, 6.45) is 19.6. The van der Waals surface area contributed by atoms with Crippen LogP contribution in [0.5, 0.6) is 5.75 Å². The zero-order chi connectivity index (χ0) is 21.4. The van der Waals surface area contributed by atoms with Gasteiger partial charge in [0.1, 0.15) is 24.2 Å². The Bertz CT molecular complexity index is 732. The molecule has 0 heterocycles. The lowest BCUT2D eigenvalue weighted by Gasteiger charge is -2.51. The second-order valence-corrected chi connectivity index (χ2v) is 9.41. The van der Waals surface area contributed by atoms with Crippen LogP contribution in [-0.4, -0.2) is 6.61 Å². The molecular weight excluding hydrogens is 373 g/mol. The van der Waals surface area contributed by atoms with E-state index in [9.17, 15) is 4.39 Å². The quantitative estimate of drug-likeness (QED) is 0.408. The van der Waals surface area contributed by atoms with Crippen molar-refractivity contribution in [2.24, 2.45) is 23.2 Å². The maximum absolute atomic E-state index is 13.7. The van der Waals surface area contributed by atoms with Crippen molar-refractivity contribution in [2.45, 2.75) is 84.5 Å². The van der Waals surface area contributed by atoms with Gasteiger partial charge in [0, 0.05) is 6.07 Å². The molecule has 0 saturated heterocycles. The Hall–Kier alpha value is -1.82. The summed E-state index contributed by atoms with van der Waals surface area (Å²) in [5.74, 6) is 2.40. The monoisotopic (exact) mass is 411 g/mol. The van der Waals surface area contributed by atoms with Crippen molar-refractivity contribution in [2.75, 3.05) is 6.61 Å². The topological polar surface area (TPSA) is 33.0 Å². The number of nitrogens with zero attached hydrogens (tertiary/aromatic N) is 1. The highest BCUT2D eigenvalue weighted by molar-refractivity contribution is 5.36. The first kappa shape index (κ1) is 22.9. The molecule has 0 N–H and O–H groups in total. The van der Waals surface area contributed by atoms with Gasteiger partial charge in [-0.1, -0.05) is 58.1 Å². The standard InChI is InChI=1S/C27H38FNO/c1-3-23(4-2)27(16-6-5-7-17-27)24-13-10-21(11-14-24)9-8-18-30-25-15-12-22(20-29)26(28)19-25/h8-9,12,15,19,21,23-24H,3-7,10-11,13-14,16-18H2,1-2H3/b9-8+. The maximum Gasteiger partial charge on any atom is 0.144 e. The van der Waals surface area contributed by atoms with Crippen LogP contribution in [0.3, 0.4) is 0 Å². The summed E-state index contributed by atoms with van der Waals surface area (Å²) in [5, 5.41) is 8.80. The van der Waals surface area contributed by atoms with Gasteiger partial charge in [-0.15, -0.1) is 0 Å². The zero-order valence-electron chi connectivity index (χ0n) is 18.8. The lowest BCUT2D eigenvalue weighted by atomic mass is 9.54. The Morgan fingerprint density at radius 1 is 1.13 bits per heavy atom. The van der Waals surface area contributed by atoms with Crippen LogP contribution < -0.4 is 4.74 Å². The van der Waals surface area contributed by atoms with Crippen LogP contribution in [0, 0.1) is 40.3 Å². The highest BCUT2D eigenvalue weighted by Gasteiger charge is 2.44. The summed E-state index contributed by atoms with van der Waals surface area (Å²) < 4.78 is 19.3. The molecule has 1 aromatic rings. The summed E-state index contributed by atoms with van der Waals surface area (Å²) in [5.41, 5.74) is 0.665. The van der Waals surface area contributed by atoms with Crippen LogP contribution in [0.4, 0.5) is 4.39 Å². The van der Waals surface area contributed by atoms with E-state index in [-0.39, 0.29) is 5.56 Å². The summed E-state index contributed by atoms with van der Waals surface area (Å²) in [6, 6.07) is 6.25. The minimum atomic E-state index is -0.522. The lowest BCUT2D eigenvalue weighted by Crippen LogP contribution is -2.41. The van der Waals surface area contributed by atoms with Crippen molar-refractivity contribution >= 4 is 0 Å². The molecule has 0 radical (unpaired) electrons. The molecule has 0 unspecified atom stereocenters. The van der Waals surface area contributed by atoms with Crippen LogP contribution >= 0.6 is 0 Å². The molecule has 2 aliphatic rings. The SMILES string of the molecule is CCC(CC)C1(C2CCC(/C=C/COc3ccc(C#N)c(F)c3)CC2)CCCCC1. The van der Waals surface area contributed by atoms with Crippen molar-refractivity contribution < 1.29 is 9.13 Å². The Balaban J connectivity index is 1.50. The van der Waals surface area contributed by atoms with E-state index in [1.807, 2.05) is 6.07 Å². The summed E-state index contributed by atoms with van der Waals surface area (Å²) >= 11 is 0. The number of allylic oxidation sites excluding steroid dienone is 1. The van der Waals surface area contributed by atoms with E-state index < -0.39 is 5.82 Å². The molecule has 3 heteroatoms. The fourth-order valence-electron chi connectivity index (χ4n) is 6.42. The van der Waals surface area contributed by atoms with E-state index >= 15 is 0 Å². The van der Waals surface area contributed by atoms with Crippen LogP contribution in [0.25, 0.3) is 0 Å². The Labute approximate surface area is 182 Å². The fourth-order valence-corrected chi connectivity index (χ4v) is 6.42. The van der Waals surface area contributed by atoms with E-state index in [0.717, 1.165) is 11.8 Å². The van der Waals surface area contributed by atoms with Gasteiger partial charge in [-0.25, -0.2) is 4.39 Å². The van der Waals surface area contributed by atoms with Crippen LogP contribution in [-0.2, 0) is 0 Å². The number of rotatable bonds is 8. The number of halogens is 1. The normalized spacial score (nSPS) is 24.1. The van der Waals surface area contributed by atoms with E-state index in [1.165, 1.54) is 82.8 Å². The molecule has 0 bridgehead atoms. The molecule has 2 aliphatic carbocycles. The lowest BCUT2D eigenvalue weighted by molar-refractivity contribution is -0.00440. The number of benzene rings is 1. The van der Waals surface area contributed by atoms with Gasteiger partial charge in [0.15, 0.2) is 0 Å². The molecule has 0 atom stereocenters. The molecule has 1 aromatic carbocycles. The summed E-state index contributed by atoms with van der Waals surface area (Å²) in [6.45, 7) is 5.25. The molecule has 2 saturated carbocycles. The minimum Gasteiger partial charge on any atom is -0.489 e. The van der Waals surface area contributed by atoms with Crippen molar-refractivity contribution in [1.82, 2.24) is 0 Å². The van der Waals surface area contributed by atoms with Crippen LogP contribution in [0.1, 0.15) is 90.0 Å². The molecule has 2 fully saturated rings. The van der Waals surface area contributed by atoms with Crippen molar-refractivity contribution in [3.63, 3.8) is 0 Å². The van der Waals surface area contributed by atoms with Gasteiger partial charge >= 0.3 is 0 Å². The van der Waals surface area contributed by atoms with Gasteiger partial charge in [-0.05, 0) is 73.8 Å². The molecule has 164 valence electrons. The largest absolute Gasteiger partial charge is 0.489 e.